The molecule has 92 valence electrons. The Morgan fingerprint density at radius 2 is 1.61 bits per heavy atom. The molecule has 0 aliphatic heterocycles. The Labute approximate surface area is 106 Å². The van der Waals surface area contributed by atoms with Gasteiger partial charge in [0.2, 0.25) is 0 Å². The molecule has 2 aromatic rings. The van der Waals surface area contributed by atoms with Crippen LogP contribution in [0.4, 0.5) is 4.39 Å². The summed E-state index contributed by atoms with van der Waals surface area (Å²) in [4.78, 5) is 0. The predicted molar refractivity (Wildman–Crippen MR) is 66.4 cm³/mol. The maximum absolute atomic E-state index is 13.5. The third kappa shape index (κ3) is 3.87. The summed E-state index contributed by atoms with van der Waals surface area (Å²) in [6.07, 6.45) is 0. The molecule has 0 bridgehead atoms. The molecule has 0 atom stereocenters. The SMILES string of the molecule is [B+2]c1cccc(OCc2ccccc2)c1F.[OH-].[OH-]. The van der Waals surface area contributed by atoms with E-state index in [1.807, 2.05) is 30.3 Å². The van der Waals surface area contributed by atoms with Gasteiger partial charge in [-0.1, -0.05) is 0 Å². The fourth-order valence-electron chi connectivity index (χ4n) is 1.37. The Morgan fingerprint density at radius 1 is 0.944 bits per heavy atom. The van der Waals surface area contributed by atoms with E-state index in [9.17, 15) is 4.39 Å². The molecule has 2 rings (SSSR count). The number of hydrogen-bond acceptors (Lipinski definition) is 3. The minimum absolute atomic E-state index is 0. The van der Waals surface area contributed by atoms with E-state index in [1.54, 1.807) is 12.1 Å². The second-order valence-electron chi connectivity index (χ2n) is 3.43. The van der Waals surface area contributed by atoms with Crippen LogP contribution in [0.1, 0.15) is 5.56 Å². The third-order valence-corrected chi connectivity index (χ3v) is 2.23. The molecule has 0 aliphatic rings. The maximum Gasteiger partial charge on any atom is -0.870 e. The summed E-state index contributed by atoms with van der Waals surface area (Å²) in [5.74, 6) is -0.317. The summed E-state index contributed by atoms with van der Waals surface area (Å²) in [7, 11) is 5.43. The Kier molecular flexibility index (Phi) is 6.71. The van der Waals surface area contributed by atoms with E-state index in [2.05, 4.69) is 0 Å². The topological polar surface area (TPSA) is 69.2 Å². The van der Waals surface area contributed by atoms with Crippen LogP contribution >= 0.6 is 0 Å². The standard InChI is InChI=1S/C13H10BFO.2H2O/c14-11-7-4-8-12(13(11)15)16-9-10-5-2-1-3-6-10;;/h1-8H,9H2;2*1H2/q+2;;/p-2. The Balaban J connectivity index is 0.00000144. The maximum atomic E-state index is 13.5. The second kappa shape index (κ2) is 7.47. The molecule has 18 heavy (non-hydrogen) atoms. The molecule has 0 fully saturated rings. The van der Waals surface area contributed by atoms with Crippen LogP contribution in [0.15, 0.2) is 48.5 Å². The molecule has 0 spiro atoms. The molecule has 0 radical (unpaired) electrons. The molecule has 5 heteroatoms. The van der Waals surface area contributed by atoms with Crippen molar-refractivity contribution in [1.29, 1.82) is 0 Å². The van der Waals surface area contributed by atoms with Crippen molar-refractivity contribution in [3.8, 4) is 5.75 Å². The van der Waals surface area contributed by atoms with E-state index in [1.165, 1.54) is 6.07 Å². The molecular weight excluding hydrogens is 234 g/mol. The van der Waals surface area contributed by atoms with E-state index < -0.39 is 5.82 Å². The number of hydrogen-bond donors (Lipinski definition) is 0. The van der Waals surface area contributed by atoms with Crippen molar-refractivity contribution in [3.63, 3.8) is 0 Å². The first-order chi connectivity index (χ1) is 7.77. The zero-order valence-electron chi connectivity index (χ0n) is 9.58. The van der Waals surface area contributed by atoms with Gasteiger partial charge in [0.25, 0.3) is 0 Å². The van der Waals surface area contributed by atoms with Crippen LogP contribution in [0, 0.1) is 5.82 Å². The molecule has 2 N–H and O–H groups in total. The van der Waals surface area contributed by atoms with E-state index in [0.717, 1.165) is 5.56 Å². The minimum Gasteiger partial charge on any atom is -0.870 e. The Morgan fingerprint density at radius 3 is 2.28 bits per heavy atom. The van der Waals surface area contributed by atoms with Crippen LogP contribution in [0.25, 0.3) is 0 Å². The van der Waals surface area contributed by atoms with Crippen molar-refractivity contribution < 1.29 is 20.1 Å². The first-order valence-electron chi connectivity index (χ1n) is 4.98. The first kappa shape index (κ1) is 16.2. The monoisotopic (exact) mass is 246 g/mol. The van der Waals surface area contributed by atoms with E-state index in [4.69, 9.17) is 12.6 Å². The summed E-state index contributed by atoms with van der Waals surface area (Å²) in [6, 6.07) is 14.3. The van der Waals surface area contributed by atoms with Gasteiger partial charge in [-0.25, -0.2) is 0 Å². The van der Waals surface area contributed by atoms with Crippen LogP contribution in [-0.2, 0) is 6.61 Å². The normalized spacial score (nSPS) is 9.06. The van der Waals surface area contributed by atoms with Crippen LogP contribution in [0.3, 0.4) is 0 Å². The number of halogens is 1. The fraction of sp³-hybridized carbons (Fsp3) is 0.0769. The van der Waals surface area contributed by atoms with Gasteiger partial charge in [-0.15, -0.1) is 0 Å². The van der Waals surface area contributed by atoms with Gasteiger partial charge in [-0.3, -0.25) is 0 Å². The number of rotatable bonds is 3. The molecule has 0 amide bonds. The quantitative estimate of drug-likeness (QED) is 0.776. The van der Waals surface area contributed by atoms with Gasteiger partial charge in [-0.05, 0) is 0 Å². The fourth-order valence-corrected chi connectivity index (χ4v) is 1.37. The summed E-state index contributed by atoms with van der Waals surface area (Å²) < 4.78 is 18.8. The largest absolute Gasteiger partial charge is 0.870 e. The van der Waals surface area contributed by atoms with E-state index >= 15 is 0 Å². The first-order valence-corrected chi connectivity index (χ1v) is 4.98. The van der Waals surface area contributed by atoms with Gasteiger partial charge >= 0.3 is 94.7 Å². The average Bonchev–Trinajstić information content (AvgIpc) is 2.32. The minimum atomic E-state index is -0.501. The predicted octanol–water partition coefficient (Wildman–Crippen LogP) is 1.84. The smallest absolute Gasteiger partial charge is 0.870 e. The average molecular weight is 246 g/mol. The third-order valence-electron chi connectivity index (χ3n) is 2.23. The van der Waals surface area contributed by atoms with Crippen LogP contribution in [-0.4, -0.2) is 18.8 Å². The van der Waals surface area contributed by atoms with Crippen LogP contribution in [0.5, 0.6) is 5.75 Å². The molecule has 3 nitrogen and oxygen atoms in total. The van der Waals surface area contributed by atoms with Crippen molar-refractivity contribution in [3.05, 3.63) is 59.9 Å². The summed E-state index contributed by atoms with van der Waals surface area (Å²) in [5.41, 5.74) is 1.09. The molecule has 0 aliphatic carbocycles. The number of benzene rings is 2. The van der Waals surface area contributed by atoms with Gasteiger partial charge in [0.1, 0.15) is 0 Å². The molecule has 0 saturated carbocycles. The zero-order chi connectivity index (χ0) is 11.4. The molecule has 0 aromatic heterocycles. The van der Waals surface area contributed by atoms with Gasteiger partial charge < -0.3 is 11.0 Å². The summed E-state index contributed by atoms with van der Waals surface area (Å²) in [6.45, 7) is 0.335. The van der Waals surface area contributed by atoms with Crippen LogP contribution < -0.4 is 10.2 Å². The van der Waals surface area contributed by atoms with Crippen molar-refractivity contribution in [2.45, 2.75) is 6.61 Å². The van der Waals surface area contributed by atoms with Gasteiger partial charge in [-0.2, -0.15) is 0 Å². The van der Waals surface area contributed by atoms with Gasteiger partial charge in [0, 0.05) is 0 Å². The molecular formula is C13H12BFO3. The van der Waals surface area contributed by atoms with Gasteiger partial charge in [0.15, 0.2) is 0 Å². The zero-order valence-corrected chi connectivity index (χ0v) is 9.58. The van der Waals surface area contributed by atoms with E-state index in [0.29, 0.717) is 6.61 Å². The number of ether oxygens (including phenoxy) is 1. The summed E-state index contributed by atoms with van der Waals surface area (Å²) in [5, 5.41) is 0. The van der Waals surface area contributed by atoms with Crippen molar-refractivity contribution in [1.82, 2.24) is 0 Å². The van der Waals surface area contributed by atoms with Gasteiger partial charge in [0.05, 0.1) is 0 Å². The van der Waals surface area contributed by atoms with Crippen molar-refractivity contribution >= 4 is 13.3 Å². The Bertz CT molecular complexity index is 477. The second-order valence-corrected chi connectivity index (χ2v) is 3.43. The Hall–Kier alpha value is -1.85. The van der Waals surface area contributed by atoms with Crippen molar-refractivity contribution in [2.75, 3.05) is 0 Å². The molecule has 0 saturated heterocycles. The summed E-state index contributed by atoms with van der Waals surface area (Å²) >= 11 is 0. The molecule has 2 aromatic carbocycles. The van der Waals surface area contributed by atoms with E-state index in [-0.39, 0.29) is 22.2 Å². The molecule has 0 heterocycles. The molecule has 0 unspecified atom stereocenters. The van der Waals surface area contributed by atoms with Crippen molar-refractivity contribution in [2.24, 2.45) is 0 Å². The van der Waals surface area contributed by atoms with Crippen LogP contribution in [0.2, 0.25) is 0 Å².